The van der Waals surface area contributed by atoms with Gasteiger partial charge in [0.2, 0.25) is 10.0 Å². The Hall–Kier alpha value is -0.730. The average Bonchev–Trinajstić information content (AvgIpc) is 3.10. The largest absolute Gasteiger partial charge is 0.347 e. The Kier molecular flexibility index (Phi) is 4.44. The van der Waals surface area contributed by atoms with E-state index in [9.17, 15) is 12.8 Å². The standard InChI is InChI=1S/C14H17ClFNO4S/c15-12-7-11(3-4-13(12)16)22(18,19)17-8-10-9-20-14(21-10)5-1-2-6-14/h3-4,7,10,17H,1-2,5-6,8-9H2/t10-/m0/s1. The van der Waals surface area contributed by atoms with E-state index in [0.717, 1.165) is 37.8 Å². The van der Waals surface area contributed by atoms with Gasteiger partial charge in [-0.3, -0.25) is 0 Å². The number of nitrogens with one attached hydrogen (secondary N) is 1. The average molecular weight is 350 g/mol. The van der Waals surface area contributed by atoms with Crippen molar-refractivity contribution in [3.63, 3.8) is 0 Å². The molecule has 1 aliphatic carbocycles. The lowest BCUT2D eigenvalue weighted by Crippen LogP contribution is -2.35. The highest BCUT2D eigenvalue weighted by molar-refractivity contribution is 7.89. The molecule has 1 heterocycles. The zero-order valence-corrected chi connectivity index (χ0v) is 13.4. The van der Waals surface area contributed by atoms with Gasteiger partial charge in [0.1, 0.15) is 5.82 Å². The summed E-state index contributed by atoms with van der Waals surface area (Å²) in [5, 5.41) is -0.228. The van der Waals surface area contributed by atoms with Crippen molar-refractivity contribution in [2.24, 2.45) is 0 Å². The van der Waals surface area contributed by atoms with E-state index in [1.807, 2.05) is 0 Å². The van der Waals surface area contributed by atoms with E-state index < -0.39 is 21.6 Å². The molecule has 0 amide bonds. The van der Waals surface area contributed by atoms with Crippen molar-refractivity contribution >= 4 is 21.6 Å². The molecule has 0 unspecified atom stereocenters. The molecular formula is C14H17ClFNO4S. The Morgan fingerprint density at radius 2 is 2.09 bits per heavy atom. The molecule has 122 valence electrons. The fraction of sp³-hybridized carbons (Fsp3) is 0.571. The zero-order valence-electron chi connectivity index (χ0n) is 11.8. The molecule has 2 aliphatic rings. The molecule has 3 rings (SSSR count). The number of sulfonamides is 1. The second-order valence-electron chi connectivity index (χ2n) is 5.60. The molecule has 0 bridgehead atoms. The number of hydrogen-bond donors (Lipinski definition) is 1. The highest BCUT2D eigenvalue weighted by Gasteiger charge is 2.43. The number of rotatable bonds is 4. The van der Waals surface area contributed by atoms with Crippen LogP contribution in [0.3, 0.4) is 0 Å². The summed E-state index contributed by atoms with van der Waals surface area (Å²) < 4.78 is 51.5. The highest BCUT2D eigenvalue weighted by Crippen LogP contribution is 2.39. The minimum atomic E-state index is -3.76. The molecule has 1 saturated carbocycles. The van der Waals surface area contributed by atoms with Gasteiger partial charge in [0.25, 0.3) is 0 Å². The molecule has 1 N–H and O–H groups in total. The van der Waals surface area contributed by atoms with Gasteiger partial charge in [-0.05, 0) is 31.0 Å². The lowest BCUT2D eigenvalue weighted by atomic mass is 10.2. The monoisotopic (exact) mass is 349 g/mol. The molecular weight excluding hydrogens is 333 g/mol. The topological polar surface area (TPSA) is 64.6 Å². The van der Waals surface area contributed by atoms with Crippen LogP contribution in [0.25, 0.3) is 0 Å². The van der Waals surface area contributed by atoms with Crippen molar-refractivity contribution in [1.29, 1.82) is 0 Å². The molecule has 8 heteroatoms. The Morgan fingerprint density at radius 1 is 1.36 bits per heavy atom. The van der Waals surface area contributed by atoms with Gasteiger partial charge in [0.15, 0.2) is 5.79 Å². The van der Waals surface area contributed by atoms with E-state index >= 15 is 0 Å². The third kappa shape index (κ3) is 3.28. The van der Waals surface area contributed by atoms with Crippen LogP contribution in [0.15, 0.2) is 23.1 Å². The Morgan fingerprint density at radius 3 is 2.77 bits per heavy atom. The summed E-state index contributed by atoms with van der Waals surface area (Å²) in [6, 6.07) is 3.29. The van der Waals surface area contributed by atoms with Crippen LogP contribution in [0.4, 0.5) is 4.39 Å². The Balaban J connectivity index is 1.62. The summed E-state index contributed by atoms with van der Waals surface area (Å²) in [7, 11) is -3.76. The Labute approximate surface area is 133 Å². The summed E-state index contributed by atoms with van der Waals surface area (Å²) in [6.45, 7) is 0.478. The normalized spacial score (nSPS) is 24.2. The molecule has 22 heavy (non-hydrogen) atoms. The van der Waals surface area contributed by atoms with Gasteiger partial charge in [-0.15, -0.1) is 0 Å². The molecule has 0 aromatic heterocycles. The molecule has 1 spiro atoms. The summed E-state index contributed by atoms with van der Waals surface area (Å²) in [4.78, 5) is -0.0756. The van der Waals surface area contributed by atoms with E-state index in [1.54, 1.807) is 0 Å². The quantitative estimate of drug-likeness (QED) is 0.906. The maximum Gasteiger partial charge on any atom is 0.240 e. The van der Waals surface area contributed by atoms with Crippen molar-refractivity contribution in [1.82, 2.24) is 4.72 Å². The van der Waals surface area contributed by atoms with Crippen molar-refractivity contribution in [3.8, 4) is 0 Å². The number of ether oxygens (including phenoxy) is 2. The minimum absolute atomic E-state index is 0.0756. The van der Waals surface area contributed by atoms with Gasteiger partial charge in [0, 0.05) is 19.4 Å². The minimum Gasteiger partial charge on any atom is -0.347 e. The van der Waals surface area contributed by atoms with E-state index in [0.29, 0.717) is 6.61 Å². The van der Waals surface area contributed by atoms with E-state index in [4.69, 9.17) is 21.1 Å². The van der Waals surface area contributed by atoms with Gasteiger partial charge in [0.05, 0.1) is 22.6 Å². The molecule has 1 saturated heterocycles. The van der Waals surface area contributed by atoms with Crippen LogP contribution in [0, 0.1) is 5.82 Å². The number of halogens is 2. The Bertz CT molecular complexity index is 661. The first kappa shape index (κ1) is 16.1. The van der Waals surface area contributed by atoms with Crippen LogP contribution >= 0.6 is 11.6 Å². The molecule has 1 aromatic carbocycles. The molecule has 1 atom stereocenters. The van der Waals surface area contributed by atoms with Crippen LogP contribution in [0.2, 0.25) is 5.02 Å². The molecule has 5 nitrogen and oxygen atoms in total. The fourth-order valence-electron chi connectivity index (χ4n) is 2.82. The molecule has 1 aromatic rings. The number of benzene rings is 1. The summed E-state index contributed by atoms with van der Waals surface area (Å²) >= 11 is 5.62. The highest BCUT2D eigenvalue weighted by atomic mass is 35.5. The fourth-order valence-corrected chi connectivity index (χ4v) is 4.16. The van der Waals surface area contributed by atoms with Crippen molar-refractivity contribution in [2.45, 2.75) is 42.5 Å². The van der Waals surface area contributed by atoms with Crippen LogP contribution < -0.4 is 4.72 Å². The predicted octanol–water partition coefficient (Wildman–Crippen LogP) is 2.44. The summed E-state index contributed by atoms with van der Waals surface area (Å²) in [5.41, 5.74) is 0. The molecule has 0 radical (unpaired) electrons. The third-order valence-electron chi connectivity index (χ3n) is 3.98. The smallest absolute Gasteiger partial charge is 0.240 e. The van der Waals surface area contributed by atoms with Crippen molar-refractivity contribution in [3.05, 3.63) is 29.0 Å². The van der Waals surface area contributed by atoms with Gasteiger partial charge in [-0.2, -0.15) is 0 Å². The number of hydrogen-bond acceptors (Lipinski definition) is 4. The van der Waals surface area contributed by atoms with Crippen LogP contribution in [-0.4, -0.2) is 33.5 Å². The van der Waals surface area contributed by atoms with Crippen LogP contribution in [0.1, 0.15) is 25.7 Å². The lowest BCUT2D eigenvalue weighted by molar-refractivity contribution is -0.160. The van der Waals surface area contributed by atoms with Crippen LogP contribution in [0.5, 0.6) is 0 Å². The summed E-state index contributed by atoms with van der Waals surface area (Å²) in [6.07, 6.45) is 3.51. The van der Waals surface area contributed by atoms with Crippen molar-refractivity contribution < 1.29 is 22.3 Å². The van der Waals surface area contributed by atoms with E-state index in [2.05, 4.69) is 4.72 Å². The zero-order chi connectivity index (χ0) is 15.8. The second-order valence-corrected chi connectivity index (χ2v) is 7.77. The van der Waals surface area contributed by atoms with E-state index in [1.165, 1.54) is 6.07 Å². The first-order chi connectivity index (χ1) is 10.4. The lowest BCUT2D eigenvalue weighted by Gasteiger charge is -2.21. The second kappa shape index (κ2) is 6.05. The van der Waals surface area contributed by atoms with Gasteiger partial charge >= 0.3 is 0 Å². The molecule has 2 fully saturated rings. The SMILES string of the molecule is O=S(=O)(NC[C@H]1COC2(CCCC2)O1)c1ccc(F)c(Cl)c1. The van der Waals surface area contributed by atoms with Gasteiger partial charge in [-0.1, -0.05) is 11.6 Å². The first-order valence-electron chi connectivity index (χ1n) is 7.17. The maximum absolute atomic E-state index is 13.1. The van der Waals surface area contributed by atoms with Gasteiger partial charge < -0.3 is 9.47 Å². The van der Waals surface area contributed by atoms with Crippen molar-refractivity contribution in [2.75, 3.05) is 13.2 Å². The maximum atomic E-state index is 13.1. The summed E-state index contributed by atoms with van der Waals surface area (Å²) in [5.74, 6) is -1.17. The predicted molar refractivity (Wildman–Crippen MR) is 78.6 cm³/mol. The van der Waals surface area contributed by atoms with Crippen LogP contribution in [-0.2, 0) is 19.5 Å². The van der Waals surface area contributed by atoms with E-state index in [-0.39, 0.29) is 22.6 Å². The van der Waals surface area contributed by atoms with Gasteiger partial charge in [-0.25, -0.2) is 17.5 Å². The first-order valence-corrected chi connectivity index (χ1v) is 9.03. The molecule has 1 aliphatic heterocycles. The third-order valence-corrected chi connectivity index (χ3v) is 5.69.